The van der Waals surface area contributed by atoms with Gasteiger partial charge in [0.15, 0.2) is 5.95 Å². The SMILES string of the molecule is Cc1n[nH]c(C)c1-c1cc(-c2c(C)noc2C)cc2[nH]c(N)nc12.Cc1n[nH]c(C)c1-c1cc(-c2c(C)noc2C)cc2[nH]c(NC3CC3)nc12.Cc1n[nH]c(C)c1-c1cc(-c2c(C)noc2C)cc2[nH]c(NS(=O)(=O)C3CC3)nc12. The second kappa shape index (κ2) is 19.8. The summed E-state index contributed by atoms with van der Waals surface area (Å²) in [6.45, 7) is 23.4. The Balaban J connectivity index is 0.000000121. The van der Waals surface area contributed by atoms with E-state index in [1.165, 1.54) is 12.8 Å². The van der Waals surface area contributed by atoms with E-state index < -0.39 is 10.0 Å². The summed E-state index contributed by atoms with van der Waals surface area (Å²) in [5, 5.41) is 37.5. The lowest BCUT2D eigenvalue weighted by molar-refractivity contribution is 0.393. The second-order valence-corrected chi connectivity index (χ2v) is 23.3. The molecule has 2 saturated carbocycles. The van der Waals surface area contributed by atoms with E-state index in [1.54, 1.807) is 0 Å². The second-order valence-electron chi connectivity index (χ2n) is 21.3. The summed E-state index contributed by atoms with van der Waals surface area (Å²) in [6, 6.07) is 12.9. The van der Waals surface area contributed by atoms with Crippen molar-refractivity contribution in [1.29, 1.82) is 0 Å². The Bertz CT molecular complexity index is 4410. The molecule has 0 spiro atoms. The van der Waals surface area contributed by atoms with Gasteiger partial charge in [-0.1, -0.05) is 15.5 Å². The number of aromatic nitrogens is 15. The van der Waals surface area contributed by atoms with Gasteiger partial charge in [-0.3, -0.25) is 20.0 Å². The Labute approximate surface area is 464 Å². The van der Waals surface area contributed by atoms with Gasteiger partial charge in [0.1, 0.15) is 17.3 Å². The van der Waals surface area contributed by atoms with Crippen molar-refractivity contribution < 1.29 is 22.0 Å². The number of hydrogen-bond acceptors (Lipinski definition) is 16. The molecule has 0 atom stereocenters. The number of nitrogens with one attached hydrogen (secondary N) is 8. The van der Waals surface area contributed by atoms with Crippen LogP contribution in [0.5, 0.6) is 0 Å². The molecule has 0 saturated heterocycles. The molecule has 9 heterocycles. The van der Waals surface area contributed by atoms with Crippen LogP contribution >= 0.6 is 0 Å². The van der Waals surface area contributed by atoms with Crippen molar-refractivity contribution in [2.75, 3.05) is 15.8 Å². The Morgan fingerprint density at radius 2 is 0.840 bits per heavy atom. The maximum atomic E-state index is 12.4. The summed E-state index contributed by atoms with van der Waals surface area (Å²) < 4.78 is 43.5. The summed E-state index contributed by atoms with van der Waals surface area (Å²) >= 11 is 0. The van der Waals surface area contributed by atoms with Crippen molar-refractivity contribution in [1.82, 2.24) is 76.0 Å². The quantitative estimate of drug-likeness (QED) is 0.0581. The third-order valence-electron chi connectivity index (χ3n) is 15.1. The van der Waals surface area contributed by atoms with Gasteiger partial charge in [-0.25, -0.2) is 23.4 Å². The number of hydrogen-bond donors (Lipinski definition) is 9. The monoisotopic (exact) mass is 1110 g/mol. The van der Waals surface area contributed by atoms with Gasteiger partial charge in [0, 0.05) is 73.2 Å². The predicted molar refractivity (Wildman–Crippen MR) is 311 cm³/mol. The molecule has 2 aliphatic rings. The molecule has 2 fully saturated rings. The molecule has 23 nitrogen and oxygen atoms in total. The van der Waals surface area contributed by atoms with Crippen LogP contribution in [0.25, 0.3) is 99.9 Å². The van der Waals surface area contributed by atoms with Crippen LogP contribution in [0.3, 0.4) is 0 Å². The molecule has 12 aromatic rings. The molecule has 0 aliphatic heterocycles. The molecule has 14 rings (SSSR count). The van der Waals surface area contributed by atoms with Crippen molar-refractivity contribution in [2.45, 2.75) is 120 Å². The average Bonchev–Trinajstić information content (AvgIpc) is 4.07. The third kappa shape index (κ3) is 9.67. The first-order valence-electron chi connectivity index (χ1n) is 26.7. The van der Waals surface area contributed by atoms with Crippen molar-refractivity contribution >= 4 is 61.0 Å². The lowest BCUT2D eigenvalue weighted by atomic mass is 9.96. The minimum Gasteiger partial charge on any atom is -0.369 e. The summed E-state index contributed by atoms with van der Waals surface area (Å²) in [5.74, 6) is 3.74. The molecule has 3 aromatic carbocycles. The highest BCUT2D eigenvalue weighted by Crippen LogP contribution is 2.42. The molecule has 9 aromatic heterocycles. The topological polar surface area (TPSA) is 334 Å². The van der Waals surface area contributed by atoms with Gasteiger partial charge >= 0.3 is 0 Å². The molecule has 24 heteroatoms. The largest absolute Gasteiger partial charge is 0.369 e. The highest BCUT2D eigenvalue weighted by atomic mass is 32.2. The highest BCUT2D eigenvalue weighted by Gasteiger charge is 2.36. The maximum absolute atomic E-state index is 12.4. The Morgan fingerprint density at radius 3 is 1.19 bits per heavy atom. The number of benzene rings is 3. The van der Waals surface area contributed by atoms with Gasteiger partial charge in [-0.2, -0.15) is 15.3 Å². The third-order valence-corrected chi connectivity index (χ3v) is 16.9. The molecular formula is C57H62N18O5S. The van der Waals surface area contributed by atoms with E-state index in [0.29, 0.717) is 36.1 Å². The first kappa shape index (κ1) is 52.4. The number of aryl methyl sites for hydroxylation is 12. The number of nitrogen functional groups attached to an aromatic ring is 1. The van der Waals surface area contributed by atoms with Gasteiger partial charge in [0.25, 0.3) is 0 Å². The van der Waals surface area contributed by atoms with Gasteiger partial charge in [0.2, 0.25) is 21.9 Å². The maximum Gasteiger partial charge on any atom is 0.237 e. The average molecular weight is 1110 g/mol. The van der Waals surface area contributed by atoms with E-state index in [-0.39, 0.29) is 11.2 Å². The Morgan fingerprint density at radius 1 is 0.469 bits per heavy atom. The van der Waals surface area contributed by atoms with Crippen LogP contribution in [0.4, 0.5) is 17.8 Å². The molecule has 416 valence electrons. The smallest absolute Gasteiger partial charge is 0.237 e. The molecule has 0 amide bonds. The summed E-state index contributed by atoms with van der Waals surface area (Å²) in [4.78, 5) is 23.6. The fourth-order valence-corrected chi connectivity index (χ4v) is 12.3. The van der Waals surface area contributed by atoms with Crippen molar-refractivity contribution in [3.8, 4) is 66.8 Å². The Kier molecular flexibility index (Phi) is 12.8. The minimum absolute atomic E-state index is 0.216. The first-order chi connectivity index (χ1) is 38.7. The van der Waals surface area contributed by atoms with Crippen molar-refractivity contribution in [3.63, 3.8) is 0 Å². The van der Waals surface area contributed by atoms with E-state index in [9.17, 15) is 8.42 Å². The summed E-state index contributed by atoms with van der Waals surface area (Å²) in [7, 11) is -3.42. The van der Waals surface area contributed by atoms with Gasteiger partial charge in [-0.15, -0.1) is 0 Å². The van der Waals surface area contributed by atoms with Crippen LogP contribution in [0.2, 0.25) is 0 Å². The van der Waals surface area contributed by atoms with E-state index in [4.69, 9.17) is 24.3 Å². The summed E-state index contributed by atoms with van der Waals surface area (Å²) in [5.41, 5.74) is 31.0. The zero-order valence-electron chi connectivity index (χ0n) is 47.0. The van der Waals surface area contributed by atoms with Crippen LogP contribution in [0, 0.1) is 83.1 Å². The van der Waals surface area contributed by atoms with Crippen molar-refractivity contribution in [3.05, 3.63) is 105 Å². The molecule has 0 bridgehead atoms. The normalized spacial score (nSPS) is 13.5. The van der Waals surface area contributed by atoms with Crippen LogP contribution in [0.15, 0.2) is 50.0 Å². The highest BCUT2D eigenvalue weighted by molar-refractivity contribution is 7.93. The predicted octanol–water partition coefficient (Wildman–Crippen LogP) is 11.6. The molecule has 81 heavy (non-hydrogen) atoms. The molecule has 2 aliphatic carbocycles. The lowest BCUT2D eigenvalue weighted by Gasteiger charge is -2.08. The zero-order chi connectivity index (χ0) is 56.9. The van der Waals surface area contributed by atoms with E-state index >= 15 is 0 Å². The van der Waals surface area contributed by atoms with Crippen LogP contribution in [-0.4, -0.2) is 95.7 Å². The number of imidazole rings is 3. The molecular weight excluding hydrogens is 1050 g/mol. The fourth-order valence-electron chi connectivity index (χ4n) is 11.0. The number of fused-ring (bicyclic) bond motifs is 3. The minimum atomic E-state index is -3.42. The number of H-pyrrole nitrogens is 6. The first-order valence-corrected chi connectivity index (χ1v) is 28.3. The molecule has 10 N–H and O–H groups in total. The number of rotatable bonds is 11. The number of sulfonamides is 1. The fraction of sp³-hybridized carbons (Fsp3) is 0.316. The van der Waals surface area contributed by atoms with Gasteiger partial charge < -0.3 is 39.6 Å². The lowest BCUT2D eigenvalue weighted by Crippen LogP contribution is -2.18. The van der Waals surface area contributed by atoms with Crippen LogP contribution < -0.4 is 15.8 Å². The van der Waals surface area contributed by atoms with Gasteiger partial charge in [0.05, 0.1) is 72.5 Å². The van der Waals surface area contributed by atoms with Gasteiger partial charge in [-0.05, 0) is 162 Å². The summed E-state index contributed by atoms with van der Waals surface area (Å²) in [6.07, 6.45) is 3.77. The van der Waals surface area contributed by atoms with Crippen LogP contribution in [0.1, 0.15) is 94.2 Å². The molecule has 0 unspecified atom stereocenters. The van der Waals surface area contributed by atoms with Crippen molar-refractivity contribution in [2.24, 2.45) is 0 Å². The van der Waals surface area contributed by atoms with Crippen LogP contribution in [-0.2, 0) is 10.0 Å². The van der Waals surface area contributed by atoms with E-state index in [0.717, 1.165) is 163 Å². The van der Waals surface area contributed by atoms with E-state index in [1.807, 2.05) is 101 Å². The number of nitrogens with two attached hydrogens (primary N) is 1. The number of nitrogens with zero attached hydrogens (tertiary/aromatic N) is 9. The standard InChI is InChI=1S/C20H22N6O3S.C20H22N6O.C17H18N6O/c1-9-17(10(2)24-23-9)15-7-13(18-11(3)25-29-12(18)4)8-16-19(15)22-20(21-16)26-30(27,28)14-5-6-14;1-9-17(10(2)25-24-9)15-7-13(18-11(3)26-27-12(18)4)8-16-19(15)23-20(22-16)21-14-5-6-14;1-7-14(8(2)22-21-7)12-5-11(15-9(3)23-24-10(15)4)6-13-16(12)20-17(18)19-13/h7-8,14H,5-6H2,1-4H3,(H,23,24)(H2,21,22,26);7-8,14H,5-6H2,1-4H3,(H,24,25)(H2,21,22,23);5-6H,1-4H3,(H,21,22)(H3,18,19,20). The Hall–Kier alpha value is -9.32. The number of anilines is 3. The zero-order valence-corrected chi connectivity index (χ0v) is 47.8. The molecule has 0 radical (unpaired) electrons. The van der Waals surface area contributed by atoms with E-state index in [2.05, 4.69) is 99.2 Å². The number of aromatic amines is 6.